The Morgan fingerprint density at radius 2 is 2.25 bits per heavy atom. The van der Waals surface area contributed by atoms with Gasteiger partial charge in [0.25, 0.3) is 0 Å². The van der Waals surface area contributed by atoms with Crippen LogP contribution in [0, 0.1) is 0 Å². The molecule has 0 aromatic carbocycles. The number of nitrogens with one attached hydrogen (secondary N) is 1. The summed E-state index contributed by atoms with van der Waals surface area (Å²) in [5.41, 5.74) is 1.30. The first-order valence-electron chi connectivity index (χ1n) is 5.93. The minimum atomic E-state index is 0.582. The molecule has 0 aliphatic rings. The van der Waals surface area contributed by atoms with E-state index >= 15 is 0 Å². The Hall–Kier alpha value is -0.870. The Balaban J connectivity index is 2.10. The predicted octanol–water partition coefficient (Wildman–Crippen LogP) is 0.892. The number of aromatic nitrogens is 2. The number of rotatable bonds is 7. The van der Waals surface area contributed by atoms with Crippen LogP contribution in [-0.2, 0) is 13.5 Å². The predicted molar refractivity (Wildman–Crippen MR) is 67.5 cm³/mol. The summed E-state index contributed by atoms with van der Waals surface area (Å²) in [5, 5.41) is 7.69. The molecule has 0 saturated heterocycles. The van der Waals surface area contributed by atoms with E-state index in [1.165, 1.54) is 12.0 Å². The molecule has 0 amide bonds. The lowest BCUT2D eigenvalue weighted by Gasteiger charge is -2.16. The maximum absolute atomic E-state index is 4.16. The summed E-state index contributed by atoms with van der Waals surface area (Å²) >= 11 is 0. The average Bonchev–Trinajstić information content (AvgIpc) is 2.61. The van der Waals surface area contributed by atoms with Gasteiger partial charge in [0.1, 0.15) is 0 Å². The van der Waals surface area contributed by atoms with Gasteiger partial charge in [-0.1, -0.05) is 0 Å². The number of aryl methyl sites for hydroxylation is 1. The zero-order valence-corrected chi connectivity index (χ0v) is 10.9. The van der Waals surface area contributed by atoms with Crippen molar-refractivity contribution >= 4 is 0 Å². The summed E-state index contributed by atoms with van der Waals surface area (Å²) in [6.07, 6.45) is 6.26. The van der Waals surface area contributed by atoms with Crippen molar-refractivity contribution in [3.8, 4) is 0 Å². The molecule has 0 fully saturated rings. The van der Waals surface area contributed by atoms with Crippen LogP contribution in [0.5, 0.6) is 0 Å². The molecule has 1 aromatic heterocycles. The van der Waals surface area contributed by atoms with Gasteiger partial charge in [-0.2, -0.15) is 5.10 Å². The van der Waals surface area contributed by atoms with E-state index < -0.39 is 0 Å². The van der Waals surface area contributed by atoms with Crippen LogP contribution in [0.4, 0.5) is 0 Å². The van der Waals surface area contributed by atoms with Crippen molar-refractivity contribution < 1.29 is 0 Å². The van der Waals surface area contributed by atoms with E-state index in [9.17, 15) is 0 Å². The van der Waals surface area contributed by atoms with E-state index in [1.54, 1.807) is 0 Å². The Morgan fingerprint density at radius 1 is 1.50 bits per heavy atom. The first-order valence-corrected chi connectivity index (χ1v) is 5.93. The summed E-state index contributed by atoms with van der Waals surface area (Å²) < 4.78 is 1.85. The van der Waals surface area contributed by atoms with E-state index in [0.717, 1.165) is 19.5 Å². The third-order valence-corrected chi connectivity index (χ3v) is 2.67. The maximum Gasteiger partial charge on any atom is 0.0522 e. The first kappa shape index (κ1) is 13.2. The van der Waals surface area contributed by atoms with Crippen LogP contribution < -0.4 is 5.32 Å². The van der Waals surface area contributed by atoms with Crippen molar-refractivity contribution in [3.63, 3.8) is 0 Å². The normalized spacial score (nSPS) is 13.3. The lowest BCUT2D eigenvalue weighted by atomic mass is 10.2. The van der Waals surface area contributed by atoms with Gasteiger partial charge in [0.15, 0.2) is 0 Å². The maximum atomic E-state index is 4.16. The second kappa shape index (κ2) is 6.66. The van der Waals surface area contributed by atoms with E-state index in [1.807, 2.05) is 17.9 Å². The third kappa shape index (κ3) is 5.28. The van der Waals surface area contributed by atoms with E-state index in [4.69, 9.17) is 0 Å². The standard InChI is InChI=1S/C12H24N4/c1-11(6-8-15(2)3)13-7-5-12-9-14-16(4)10-12/h9-11,13H,5-8H2,1-4H3. The molecule has 0 aliphatic carbocycles. The van der Waals surface area contributed by atoms with Crippen LogP contribution in [0.2, 0.25) is 0 Å². The molecule has 1 aromatic rings. The number of hydrogen-bond acceptors (Lipinski definition) is 3. The lowest BCUT2D eigenvalue weighted by molar-refractivity contribution is 0.367. The van der Waals surface area contributed by atoms with Crippen LogP contribution in [0.1, 0.15) is 18.9 Å². The highest BCUT2D eigenvalue weighted by molar-refractivity contribution is 5.03. The number of nitrogens with zero attached hydrogens (tertiary/aromatic N) is 3. The van der Waals surface area contributed by atoms with Gasteiger partial charge in [-0.3, -0.25) is 4.68 Å². The molecule has 92 valence electrons. The van der Waals surface area contributed by atoms with Crippen molar-refractivity contribution in [2.24, 2.45) is 7.05 Å². The van der Waals surface area contributed by atoms with Gasteiger partial charge in [-0.25, -0.2) is 0 Å². The van der Waals surface area contributed by atoms with Crippen molar-refractivity contribution in [2.45, 2.75) is 25.8 Å². The fourth-order valence-corrected chi connectivity index (χ4v) is 1.62. The second-order valence-corrected chi connectivity index (χ2v) is 4.72. The van der Waals surface area contributed by atoms with E-state index in [2.05, 4.69) is 42.5 Å². The molecule has 1 unspecified atom stereocenters. The molecule has 0 aliphatic heterocycles. The lowest BCUT2D eigenvalue weighted by Crippen LogP contribution is -2.31. The van der Waals surface area contributed by atoms with Gasteiger partial charge in [-0.15, -0.1) is 0 Å². The summed E-state index contributed by atoms with van der Waals surface area (Å²) in [6.45, 7) is 4.41. The largest absolute Gasteiger partial charge is 0.314 e. The molecule has 1 rings (SSSR count). The third-order valence-electron chi connectivity index (χ3n) is 2.67. The molecule has 1 N–H and O–H groups in total. The quantitative estimate of drug-likeness (QED) is 0.747. The molecule has 4 nitrogen and oxygen atoms in total. The average molecular weight is 224 g/mol. The topological polar surface area (TPSA) is 33.1 Å². The highest BCUT2D eigenvalue weighted by atomic mass is 15.2. The Morgan fingerprint density at radius 3 is 2.81 bits per heavy atom. The van der Waals surface area contributed by atoms with Gasteiger partial charge in [0, 0.05) is 19.3 Å². The molecular formula is C12H24N4. The van der Waals surface area contributed by atoms with Crippen molar-refractivity contribution in [1.82, 2.24) is 20.0 Å². The van der Waals surface area contributed by atoms with Crippen molar-refractivity contribution in [3.05, 3.63) is 18.0 Å². The minimum Gasteiger partial charge on any atom is -0.314 e. The molecule has 0 radical (unpaired) electrons. The molecule has 16 heavy (non-hydrogen) atoms. The van der Waals surface area contributed by atoms with Gasteiger partial charge >= 0.3 is 0 Å². The summed E-state index contributed by atoms with van der Waals surface area (Å²) in [7, 11) is 6.18. The summed E-state index contributed by atoms with van der Waals surface area (Å²) in [6, 6.07) is 0.582. The molecular weight excluding hydrogens is 200 g/mol. The fraction of sp³-hybridized carbons (Fsp3) is 0.750. The highest BCUT2D eigenvalue weighted by Crippen LogP contribution is 1.97. The Kier molecular flexibility index (Phi) is 5.49. The highest BCUT2D eigenvalue weighted by Gasteiger charge is 2.02. The van der Waals surface area contributed by atoms with Crippen molar-refractivity contribution in [2.75, 3.05) is 27.2 Å². The van der Waals surface area contributed by atoms with Crippen LogP contribution in [0.25, 0.3) is 0 Å². The van der Waals surface area contributed by atoms with Gasteiger partial charge in [-0.05, 0) is 52.5 Å². The molecule has 0 bridgehead atoms. The Bertz CT molecular complexity index is 293. The first-order chi connectivity index (χ1) is 7.58. The molecule has 0 saturated carbocycles. The summed E-state index contributed by atoms with van der Waals surface area (Å²) in [5.74, 6) is 0. The molecule has 1 heterocycles. The molecule has 4 heteroatoms. The monoisotopic (exact) mass is 224 g/mol. The second-order valence-electron chi connectivity index (χ2n) is 4.72. The van der Waals surface area contributed by atoms with Gasteiger partial charge in [0.2, 0.25) is 0 Å². The van der Waals surface area contributed by atoms with Crippen LogP contribution in [-0.4, -0.2) is 47.9 Å². The van der Waals surface area contributed by atoms with Crippen molar-refractivity contribution in [1.29, 1.82) is 0 Å². The number of hydrogen-bond donors (Lipinski definition) is 1. The smallest absolute Gasteiger partial charge is 0.0522 e. The SMILES string of the molecule is CC(CCN(C)C)NCCc1cnn(C)c1. The zero-order valence-electron chi connectivity index (χ0n) is 10.9. The van der Waals surface area contributed by atoms with Crippen LogP contribution in [0.15, 0.2) is 12.4 Å². The zero-order chi connectivity index (χ0) is 12.0. The summed E-state index contributed by atoms with van der Waals surface area (Å²) in [4.78, 5) is 2.22. The van der Waals surface area contributed by atoms with E-state index in [-0.39, 0.29) is 0 Å². The van der Waals surface area contributed by atoms with Crippen LogP contribution >= 0.6 is 0 Å². The fourth-order valence-electron chi connectivity index (χ4n) is 1.62. The van der Waals surface area contributed by atoms with Crippen LogP contribution in [0.3, 0.4) is 0 Å². The van der Waals surface area contributed by atoms with Gasteiger partial charge in [0.05, 0.1) is 6.20 Å². The Labute approximate surface area is 98.6 Å². The minimum absolute atomic E-state index is 0.582. The molecule has 0 spiro atoms. The molecule has 1 atom stereocenters. The van der Waals surface area contributed by atoms with E-state index in [0.29, 0.717) is 6.04 Å². The van der Waals surface area contributed by atoms with Gasteiger partial charge < -0.3 is 10.2 Å².